The average molecular weight is 271 g/mol. The van der Waals surface area contributed by atoms with Crippen LogP contribution in [0.5, 0.6) is 0 Å². The van der Waals surface area contributed by atoms with E-state index in [0.717, 1.165) is 17.9 Å². The van der Waals surface area contributed by atoms with Gasteiger partial charge in [-0.05, 0) is 30.2 Å². The Morgan fingerprint density at radius 1 is 1.25 bits per heavy atom. The lowest BCUT2D eigenvalue weighted by Gasteiger charge is -2.10. The van der Waals surface area contributed by atoms with E-state index >= 15 is 0 Å². The summed E-state index contributed by atoms with van der Waals surface area (Å²) in [6, 6.07) is 11.7. The molecule has 2 rings (SSSR count). The lowest BCUT2D eigenvalue weighted by atomic mass is 10.1. The van der Waals surface area contributed by atoms with Gasteiger partial charge in [0, 0.05) is 5.69 Å². The van der Waals surface area contributed by atoms with Gasteiger partial charge in [0.1, 0.15) is 5.82 Å². The molecule has 2 aromatic rings. The maximum atomic E-state index is 11.1. The van der Waals surface area contributed by atoms with Crippen molar-refractivity contribution in [2.75, 3.05) is 17.7 Å². The van der Waals surface area contributed by atoms with E-state index in [1.807, 2.05) is 18.2 Å². The number of benzene rings is 1. The molecule has 0 saturated heterocycles. The Balaban J connectivity index is 2.09. The number of aryl methyl sites for hydroxylation is 1. The summed E-state index contributed by atoms with van der Waals surface area (Å²) in [6.07, 6.45) is 2.02. The zero-order valence-corrected chi connectivity index (χ0v) is 11.5. The highest BCUT2D eigenvalue weighted by Gasteiger charge is 2.03. The molecule has 0 aliphatic rings. The number of pyridine rings is 1. The average Bonchev–Trinajstić information content (AvgIpc) is 2.49. The molecule has 1 aromatic heterocycles. The molecule has 0 atom stereocenters. The predicted molar refractivity (Wildman–Crippen MR) is 79.4 cm³/mol. The second kappa shape index (κ2) is 6.56. The van der Waals surface area contributed by atoms with E-state index in [2.05, 4.69) is 33.3 Å². The molecule has 1 heterocycles. The van der Waals surface area contributed by atoms with Crippen LogP contribution in [0.15, 0.2) is 42.6 Å². The van der Waals surface area contributed by atoms with E-state index < -0.39 is 6.09 Å². The zero-order chi connectivity index (χ0) is 14.4. The molecule has 20 heavy (non-hydrogen) atoms. The van der Waals surface area contributed by atoms with Crippen LogP contribution in [0.2, 0.25) is 0 Å². The molecule has 2 N–H and O–H groups in total. The van der Waals surface area contributed by atoms with Crippen LogP contribution < -0.4 is 10.6 Å². The molecule has 5 heteroatoms. The van der Waals surface area contributed by atoms with Gasteiger partial charge in [-0.1, -0.05) is 25.1 Å². The first kappa shape index (κ1) is 13.9. The van der Waals surface area contributed by atoms with Crippen LogP contribution >= 0.6 is 0 Å². The number of methoxy groups -OCH3 is 1. The molecule has 0 saturated carbocycles. The van der Waals surface area contributed by atoms with Crippen LogP contribution in [0, 0.1) is 0 Å². The van der Waals surface area contributed by atoms with Crippen LogP contribution in [0.4, 0.5) is 22.0 Å². The van der Waals surface area contributed by atoms with Crippen LogP contribution in [0.25, 0.3) is 0 Å². The molecule has 0 spiro atoms. The van der Waals surface area contributed by atoms with Gasteiger partial charge in [-0.25, -0.2) is 9.78 Å². The van der Waals surface area contributed by atoms with Gasteiger partial charge in [0.15, 0.2) is 0 Å². The number of nitrogens with zero attached hydrogens (tertiary/aromatic N) is 1. The number of hydrogen-bond acceptors (Lipinski definition) is 4. The van der Waals surface area contributed by atoms with Crippen molar-refractivity contribution in [3.8, 4) is 0 Å². The van der Waals surface area contributed by atoms with Gasteiger partial charge in [-0.2, -0.15) is 0 Å². The highest BCUT2D eigenvalue weighted by molar-refractivity contribution is 5.84. The topological polar surface area (TPSA) is 63.2 Å². The van der Waals surface area contributed by atoms with E-state index in [1.54, 1.807) is 18.3 Å². The summed E-state index contributed by atoms with van der Waals surface area (Å²) >= 11 is 0. The number of para-hydroxylation sites is 1. The maximum Gasteiger partial charge on any atom is 0.411 e. The summed E-state index contributed by atoms with van der Waals surface area (Å²) in [4.78, 5) is 15.3. The summed E-state index contributed by atoms with van der Waals surface area (Å²) in [5, 5.41) is 5.82. The molecule has 0 fully saturated rings. The van der Waals surface area contributed by atoms with Crippen LogP contribution in [-0.4, -0.2) is 18.2 Å². The first-order chi connectivity index (χ1) is 9.72. The Bertz CT molecular complexity index is 582. The Hall–Kier alpha value is -2.56. The Morgan fingerprint density at radius 2 is 2.05 bits per heavy atom. The van der Waals surface area contributed by atoms with Crippen LogP contribution in [0.3, 0.4) is 0 Å². The normalized spacial score (nSPS) is 9.90. The van der Waals surface area contributed by atoms with E-state index in [9.17, 15) is 4.79 Å². The first-order valence-corrected chi connectivity index (χ1v) is 6.39. The number of ether oxygens (including phenoxy) is 1. The van der Waals surface area contributed by atoms with Crippen molar-refractivity contribution in [1.29, 1.82) is 0 Å². The molecule has 0 aliphatic carbocycles. The van der Waals surface area contributed by atoms with Crippen LogP contribution in [-0.2, 0) is 11.2 Å². The molecule has 0 unspecified atom stereocenters. The number of nitrogens with one attached hydrogen (secondary N) is 2. The SMILES string of the molecule is CCc1ccccc1Nc1ccc(NC(=O)OC)cn1. The van der Waals surface area contributed by atoms with Gasteiger partial charge in [-0.15, -0.1) is 0 Å². The van der Waals surface area contributed by atoms with E-state index in [0.29, 0.717) is 5.69 Å². The van der Waals surface area contributed by atoms with Gasteiger partial charge in [-0.3, -0.25) is 5.32 Å². The van der Waals surface area contributed by atoms with Gasteiger partial charge in [0.05, 0.1) is 19.0 Å². The van der Waals surface area contributed by atoms with Gasteiger partial charge < -0.3 is 10.1 Å². The Morgan fingerprint density at radius 3 is 2.70 bits per heavy atom. The highest BCUT2D eigenvalue weighted by atomic mass is 16.5. The molecule has 104 valence electrons. The van der Waals surface area contributed by atoms with Crippen LogP contribution in [0.1, 0.15) is 12.5 Å². The van der Waals surface area contributed by atoms with E-state index in [-0.39, 0.29) is 0 Å². The van der Waals surface area contributed by atoms with E-state index in [1.165, 1.54) is 12.7 Å². The molecule has 1 aromatic carbocycles. The quantitative estimate of drug-likeness (QED) is 0.892. The van der Waals surface area contributed by atoms with Crippen molar-refractivity contribution in [3.05, 3.63) is 48.2 Å². The molecule has 5 nitrogen and oxygen atoms in total. The third-order valence-corrected chi connectivity index (χ3v) is 2.86. The molecular formula is C15H17N3O2. The number of carbonyl (C=O) groups is 1. The summed E-state index contributed by atoms with van der Waals surface area (Å²) in [5.41, 5.74) is 2.86. The Kier molecular flexibility index (Phi) is 4.55. The number of hydrogen-bond donors (Lipinski definition) is 2. The van der Waals surface area contributed by atoms with Crippen molar-refractivity contribution < 1.29 is 9.53 Å². The molecule has 0 bridgehead atoms. The number of anilines is 3. The molecular weight excluding hydrogens is 254 g/mol. The molecule has 0 aliphatic heterocycles. The maximum absolute atomic E-state index is 11.1. The standard InChI is InChI=1S/C15H17N3O2/c1-3-11-6-4-5-7-13(11)18-14-9-8-12(10-16-14)17-15(19)20-2/h4-10H,3H2,1-2H3,(H,16,18)(H,17,19). The number of rotatable bonds is 4. The lowest BCUT2D eigenvalue weighted by molar-refractivity contribution is 0.187. The first-order valence-electron chi connectivity index (χ1n) is 6.39. The second-order valence-corrected chi connectivity index (χ2v) is 4.18. The lowest BCUT2D eigenvalue weighted by Crippen LogP contribution is -2.11. The van der Waals surface area contributed by atoms with Crippen molar-refractivity contribution in [2.24, 2.45) is 0 Å². The summed E-state index contributed by atoms with van der Waals surface area (Å²) < 4.78 is 4.52. The van der Waals surface area contributed by atoms with E-state index in [4.69, 9.17) is 0 Å². The Labute approximate surface area is 118 Å². The van der Waals surface area contributed by atoms with Gasteiger partial charge >= 0.3 is 6.09 Å². The van der Waals surface area contributed by atoms with Gasteiger partial charge in [0.25, 0.3) is 0 Å². The van der Waals surface area contributed by atoms with Crippen molar-refractivity contribution in [3.63, 3.8) is 0 Å². The monoisotopic (exact) mass is 271 g/mol. The van der Waals surface area contributed by atoms with Crippen molar-refractivity contribution in [2.45, 2.75) is 13.3 Å². The third kappa shape index (κ3) is 3.47. The summed E-state index contributed by atoms with van der Waals surface area (Å²) in [5.74, 6) is 0.723. The van der Waals surface area contributed by atoms with Gasteiger partial charge in [0.2, 0.25) is 0 Å². The molecule has 0 radical (unpaired) electrons. The highest BCUT2D eigenvalue weighted by Crippen LogP contribution is 2.20. The minimum Gasteiger partial charge on any atom is -0.453 e. The smallest absolute Gasteiger partial charge is 0.411 e. The number of carbonyl (C=O) groups excluding carboxylic acids is 1. The fraction of sp³-hybridized carbons (Fsp3) is 0.200. The van der Waals surface area contributed by atoms with Crippen molar-refractivity contribution >= 4 is 23.3 Å². The molecule has 1 amide bonds. The summed E-state index contributed by atoms with van der Waals surface area (Å²) in [7, 11) is 1.32. The fourth-order valence-corrected chi connectivity index (χ4v) is 1.80. The second-order valence-electron chi connectivity index (χ2n) is 4.18. The largest absolute Gasteiger partial charge is 0.453 e. The minimum absolute atomic E-state index is 0.510. The van der Waals surface area contributed by atoms with Crippen molar-refractivity contribution in [1.82, 2.24) is 4.98 Å². The number of amides is 1. The summed E-state index contributed by atoms with van der Waals surface area (Å²) in [6.45, 7) is 2.11. The predicted octanol–water partition coefficient (Wildman–Crippen LogP) is 3.57. The zero-order valence-electron chi connectivity index (χ0n) is 11.5. The third-order valence-electron chi connectivity index (χ3n) is 2.86. The number of aromatic nitrogens is 1. The minimum atomic E-state index is -0.510. The fourth-order valence-electron chi connectivity index (χ4n) is 1.80.